The summed E-state index contributed by atoms with van der Waals surface area (Å²) in [5, 5.41) is 9.41. The highest BCUT2D eigenvalue weighted by Crippen LogP contribution is 2.16. The van der Waals surface area contributed by atoms with Crippen LogP contribution in [0.3, 0.4) is 0 Å². The molecule has 7 heteroatoms. The van der Waals surface area contributed by atoms with Gasteiger partial charge in [-0.05, 0) is 6.07 Å². The normalized spacial score (nSPS) is 10.2. The maximum Gasteiger partial charge on any atom is 0.253 e. The summed E-state index contributed by atoms with van der Waals surface area (Å²) in [6.07, 6.45) is 4.72. The maximum atomic E-state index is 11.7. The second-order valence-corrected chi connectivity index (χ2v) is 3.79. The topological polar surface area (TPSA) is 96.7 Å². The minimum atomic E-state index is -0.263. The Morgan fingerprint density at radius 2 is 2.35 bits per heavy atom. The van der Waals surface area contributed by atoms with E-state index in [0.29, 0.717) is 12.1 Å². The number of amides is 1. The third kappa shape index (κ3) is 2.73. The van der Waals surface area contributed by atoms with E-state index >= 15 is 0 Å². The fraction of sp³-hybridized carbons (Fsp3) is 0.100. The van der Waals surface area contributed by atoms with Crippen LogP contribution in [0.2, 0.25) is 5.02 Å². The van der Waals surface area contributed by atoms with Crippen molar-refractivity contribution >= 4 is 23.3 Å². The number of aromatic amines is 1. The van der Waals surface area contributed by atoms with Gasteiger partial charge in [0, 0.05) is 24.5 Å². The lowest BCUT2D eigenvalue weighted by Gasteiger charge is -2.04. The van der Waals surface area contributed by atoms with Gasteiger partial charge in [-0.1, -0.05) is 11.6 Å². The lowest BCUT2D eigenvalue weighted by molar-refractivity contribution is 0.0950. The summed E-state index contributed by atoms with van der Waals surface area (Å²) in [5.41, 5.74) is 6.70. The number of carbonyl (C=O) groups is 1. The molecule has 6 nitrogen and oxygen atoms in total. The van der Waals surface area contributed by atoms with E-state index in [-0.39, 0.29) is 16.7 Å². The van der Waals surface area contributed by atoms with E-state index in [0.717, 1.165) is 5.56 Å². The monoisotopic (exact) mass is 251 g/mol. The Labute approximate surface area is 102 Å². The number of rotatable bonds is 3. The summed E-state index contributed by atoms with van der Waals surface area (Å²) < 4.78 is 0. The molecule has 0 aromatic carbocycles. The van der Waals surface area contributed by atoms with Crippen LogP contribution >= 0.6 is 11.6 Å². The molecule has 0 spiro atoms. The summed E-state index contributed by atoms with van der Waals surface area (Å²) in [5.74, 6) is -0.0568. The number of nitrogens with zero attached hydrogens (tertiary/aromatic N) is 2. The number of nitrogen functional groups attached to an aromatic ring is 1. The minimum absolute atomic E-state index is 0.207. The number of aromatic nitrogens is 3. The molecule has 4 N–H and O–H groups in total. The third-order valence-corrected chi connectivity index (χ3v) is 2.44. The second kappa shape index (κ2) is 4.84. The molecule has 88 valence electrons. The smallest absolute Gasteiger partial charge is 0.253 e. The van der Waals surface area contributed by atoms with Gasteiger partial charge < -0.3 is 11.1 Å². The van der Waals surface area contributed by atoms with E-state index in [1.54, 1.807) is 12.4 Å². The summed E-state index contributed by atoms with van der Waals surface area (Å²) >= 11 is 5.78. The van der Waals surface area contributed by atoms with E-state index in [9.17, 15) is 4.79 Å². The predicted molar refractivity (Wildman–Crippen MR) is 63.4 cm³/mol. The number of nitrogens with one attached hydrogen (secondary N) is 2. The van der Waals surface area contributed by atoms with Crippen molar-refractivity contribution in [1.82, 2.24) is 20.5 Å². The molecule has 0 bridgehead atoms. The van der Waals surface area contributed by atoms with E-state index in [1.807, 2.05) is 0 Å². The molecule has 0 saturated carbocycles. The minimum Gasteiger partial charge on any atom is -0.382 e. The highest BCUT2D eigenvalue weighted by atomic mass is 35.5. The number of anilines is 1. The van der Waals surface area contributed by atoms with Crippen LogP contribution in [0.1, 0.15) is 15.9 Å². The number of carbonyl (C=O) groups excluding carboxylic acids is 1. The van der Waals surface area contributed by atoms with Crippen LogP contribution in [0.5, 0.6) is 0 Å². The number of H-pyrrole nitrogens is 1. The van der Waals surface area contributed by atoms with Crippen molar-refractivity contribution < 1.29 is 4.79 Å². The first-order valence-electron chi connectivity index (χ1n) is 4.83. The van der Waals surface area contributed by atoms with E-state index in [1.165, 1.54) is 12.3 Å². The first-order chi connectivity index (χ1) is 8.16. The van der Waals surface area contributed by atoms with Gasteiger partial charge in [-0.25, -0.2) is 4.98 Å². The van der Waals surface area contributed by atoms with E-state index in [2.05, 4.69) is 20.5 Å². The van der Waals surface area contributed by atoms with Crippen LogP contribution in [-0.4, -0.2) is 21.1 Å². The number of hydrogen-bond donors (Lipinski definition) is 3. The summed E-state index contributed by atoms with van der Waals surface area (Å²) in [4.78, 5) is 15.5. The van der Waals surface area contributed by atoms with Gasteiger partial charge in [0.2, 0.25) is 0 Å². The molecule has 0 unspecified atom stereocenters. The van der Waals surface area contributed by atoms with Crippen molar-refractivity contribution in [2.75, 3.05) is 5.73 Å². The Kier molecular flexibility index (Phi) is 3.24. The first-order valence-corrected chi connectivity index (χ1v) is 5.21. The molecule has 2 aromatic heterocycles. The zero-order chi connectivity index (χ0) is 12.3. The van der Waals surface area contributed by atoms with Crippen molar-refractivity contribution in [1.29, 1.82) is 0 Å². The number of halogens is 1. The Morgan fingerprint density at radius 1 is 1.53 bits per heavy atom. The van der Waals surface area contributed by atoms with Gasteiger partial charge in [0.15, 0.2) is 0 Å². The lowest BCUT2D eigenvalue weighted by Crippen LogP contribution is -2.22. The zero-order valence-electron chi connectivity index (χ0n) is 8.77. The van der Waals surface area contributed by atoms with Gasteiger partial charge in [0.1, 0.15) is 5.82 Å². The Balaban J connectivity index is 2.02. The van der Waals surface area contributed by atoms with Crippen LogP contribution in [0.25, 0.3) is 0 Å². The van der Waals surface area contributed by atoms with E-state index in [4.69, 9.17) is 17.3 Å². The van der Waals surface area contributed by atoms with Gasteiger partial charge in [0.05, 0.1) is 16.8 Å². The Bertz CT molecular complexity index is 525. The predicted octanol–water partition coefficient (Wildman–Crippen LogP) is 0.970. The SMILES string of the molecule is Nc1ncc(C(=O)NCc2cn[nH]c2)cc1Cl. The summed E-state index contributed by atoms with van der Waals surface area (Å²) in [7, 11) is 0. The average Bonchev–Trinajstić information content (AvgIpc) is 2.82. The highest BCUT2D eigenvalue weighted by molar-refractivity contribution is 6.33. The Hall–Kier alpha value is -2.08. The fourth-order valence-electron chi connectivity index (χ4n) is 1.23. The Morgan fingerprint density at radius 3 is 3.00 bits per heavy atom. The molecule has 0 aliphatic rings. The largest absolute Gasteiger partial charge is 0.382 e. The van der Waals surface area contributed by atoms with Crippen molar-refractivity contribution in [3.05, 3.63) is 40.8 Å². The van der Waals surface area contributed by atoms with Crippen molar-refractivity contribution in [3.63, 3.8) is 0 Å². The maximum absolute atomic E-state index is 11.7. The molecule has 0 aliphatic heterocycles. The van der Waals surface area contributed by atoms with Crippen molar-refractivity contribution in [2.24, 2.45) is 0 Å². The lowest BCUT2D eigenvalue weighted by atomic mass is 10.2. The number of pyridine rings is 1. The molecule has 1 amide bonds. The molecular weight excluding hydrogens is 242 g/mol. The van der Waals surface area contributed by atoms with Crippen LogP contribution < -0.4 is 11.1 Å². The molecule has 0 saturated heterocycles. The molecule has 2 heterocycles. The van der Waals surface area contributed by atoms with Crippen LogP contribution in [0.15, 0.2) is 24.7 Å². The molecular formula is C10H10ClN5O. The first kappa shape index (κ1) is 11.4. The molecule has 0 fully saturated rings. The highest BCUT2D eigenvalue weighted by Gasteiger charge is 2.08. The van der Waals surface area contributed by atoms with Crippen LogP contribution in [-0.2, 0) is 6.54 Å². The summed E-state index contributed by atoms with van der Waals surface area (Å²) in [6.45, 7) is 0.386. The van der Waals surface area contributed by atoms with Gasteiger partial charge in [-0.3, -0.25) is 9.89 Å². The van der Waals surface area contributed by atoms with Crippen LogP contribution in [0.4, 0.5) is 5.82 Å². The van der Waals surface area contributed by atoms with Gasteiger partial charge >= 0.3 is 0 Å². The number of hydrogen-bond acceptors (Lipinski definition) is 4. The molecule has 0 aliphatic carbocycles. The number of nitrogens with two attached hydrogens (primary N) is 1. The van der Waals surface area contributed by atoms with Crippen molar-refractivity contribution in [3.8, 4) is 0 Å². The zero-order valence-corrected chi connectivity index (χ0v) is 9.53. The molecule has 2 aromatic rings. The third-order valence-electron chi connectivity index (χ3n) is 2.14. The van der Waals surface area contributed by atoms with Crippen LogP contribution in [0, 0.1) is 0 Å². The fourth-order valence-corrected chi connectivity index (χ4v) is 1.40. The van der Waals surface area contributed by atoms with Gasteiger partial charge in [0.25, 0.3) is 5.91 Å². The molecule has 17 heavy (non-hydrogen) atoms. The van der Waals surface area contributed by atoms with E-state index < -0.39 is 0 Å². The quantitative estimate of drug-likeness (QED) is 0.757. The van der Waals surface area contributed by atoms with Gasteiger partial charge in [-0.15, -0.1) is 0 Å². The average molecular weight is 252 g/mol. The molecule has 0 radical (unpaired) electrons. The van der Waals surface area contributed by atoms with Crippen molar-refractivity contribution in [2.45, 2.75) is 6.54 Å². The summed E-state index contributed by atoms with van der Waals surface area (Å²) in [6, 6.07) is 1.48. The second-order valence-electron chi connectivity index (χ2n) is 3.38. The van der Waals surface area contributed by atoms with Gasteiger partial charge in [-0.2, -0.15) is 5.10 Å². The molecule has 2 rings (SSSR count). The standard InChI is InChI=1S/C10H10ClN5O/c11-8-1-7(5-13-9(8)12)10(17)14-2-6-3-15-16-4-6/h1,3-5H,2H2,(H2,12,13)(H,14,17)(H,15,16). The molecule has 0 atom stereocenters.